The van der Waals surface area contributed by atoms with E-state index in [0.717, 1.165) is 5.56 Å². The molecule has 3 rings (SSSR count). The van der Waals surface area contributed by atoms with Gasteiger partial charge < -0.3 is 24.3 Å². The summed E-state index contributed by atoms with van der Waals surface area (Å²) in [5.74, 6) is 0.706. The summed E-state index contributed by atoms with van der Waals surface area (Å²) in [6, 6.07) is 6.84. The van der Waals surface area contributed by atoms with Crippen LogP contribution in [0.1, 0.15) is 34.8 Å². The van der Waals surface area contributed by atoms with Gasteiger partial charge in [-0.15, -0.1) is 0 Å². The first-order valence-electron chi connectivity index (χ1n) is 10.4. The summed E-state index contributed by atoms with van der Waals surface area (Å²) in [4.78, 5) is 40.1. The number of amides is 2. The Kier molecular flexibility index (Phi) is 6.99. The Morgan fingerprint density at radius 1 is 1.16 bits per heavy atom. The second kappa shape index (κ2) is 9.68. The van der Waals surface area contributed by atoms with Crippen molar-refractivity contribution in [3.63, 3.8) is 0 Å². The number of aryl methyl sites for hydroxylation is 3. The zero-order valence-corrected chi connectivity index (χ0v) is 18.4. The second-order valence-electron chi connectivity index (χ2n) is 7.53. The van der Waals surface area contributed by atoms with Crippen molar-refractivity contribution < 1.29 is 19.1 Å². The molecule has 0 bridgehead atoms. The molecule has 1 aliphatic heterocycles. The van der Waals surface area contributed by atoms with Crippen molar-refractivity contribution in [3.8, 4) is 11.5 Å². The van der Waals surface area contributed by atoms with E-state index in [1.165, 1.54) is 4.90 Å². The van der Waals surface area contributed by atoms with E-state index < -0.39 is 6.04 Å². The number of hydrogen-bond acceptors (Lipinski definition) is 5. The molecule has 2 heterocycles. The van der Waals surface area contributed by atoms with Crippen LogP contribution in [-0.4, -0.2) is 54.6 Å². The van der Waals surface area contributed by atoms with Crippen molar-refractivity contribution in [2.24, 2.45) is 0 Å². The number of ether oxygens (including phenoxy) is 2. The fraction of sp³-hybridized carbons (Fsp3) is 0.435. The van der Waals surface area contributed by atoms with Gasteiger partial charge >= 0.3 is 0 Å². The van der Waals surface area contributed by atoms with Gasteiger partial charge in [0.15, 0.2) is 11.5 Å². The predicted octanol–water partition coefficient (Wildman–Crippen LogP) is 1.77. The Morgan fingerprint density at radius 2 is 1.90 bits per heavy atom. The van der Waals surface area contributed by atoms with Crippen LogP contribution in [-0.2, 0) is 17.8 Å². The highest BCUT2D eigenvalue weighted by Gasteiger charge is 2.34. The highest BCUT2D eigenvalue weighted by Crippen LogP contribution is 2.27. The number of carbonyl (C=O) groups excluding carboxylic acids is 2. The van der Waals surface area contributed by atoms with Gasteiger partial charge in [0.1, 0.15) is 11.6 Å². The summed E-state index contributed by atoms with van der Waals surface area (Å²) >= 11 is 0. The van der Waals surface area contributed by atoms with Gasteiger partial charge in [-0.1, -0.05) is 13.0 Å². The molecule has 0 saturated carbocycles. The van der Waals surface area contributed by atoms with Gasteiger partial charge in [-0.3, -0.25) is 14.4 Å². The molecule has 8 nitrogen and oxygen atoms in total. The number of benzene rings is 1. The maximum Gasteiger partial charge on any atom is 0.263 e. The van der Waals surface area contributed by atoms with Crippen LogP contribution in [0.3, 0.4) is 0 Å². The third kappa shape index (κ3) is 4.57. The molecule has 1 aromatic heterocycles. The van der Waals surface area contributed by atoms with E-state index in [2.05, 4.69) is 5.32 Å². The average molecular weight is 428 g/mol. The lowest BCUT2D eigenvalue weighted by molar-refractivity contribution is -0.127. The third-order valence-electron chi connectivity index (χ3n) is 5.66. The maximum absolute atomic E-state index is 13.2. The topological polar surface area (TPSA) is 89.9 Å². The fourth-order valence-corrected chi connectivity index (χ4v) is 3.89. The van der Waals surface area contributed by atoms with Crippen molar-refractivity contribution in [2.75, 3.05) is 27.3 Å². The highest BCUT2D eigenvalue weighted by atomic mass is 16.5. The van der Waals surface area contributed by atoms with E-state index in [4.69, 9.17) is 9.47 Å². The SMILES string of the molecule is CCC1C(=O)NCCN1C(=O)c1c(C)ccn(CCc2ccc(OC)c(OC)c2)c1=O. The molecule has 1 saturated heterocycles. The number of hydrogen-bond donors (Lipinski definition) is 1. The van der Waals surface area contributed by atoms with Crippen LogP contribution in [0, 0.1) is 6.92 Å². The Bertz CT molecular complexity index is 1030. The average Bonchev–Trinajstić information content (AvgIpc) is 2.78. The van der Waals surface area contributed by atoms with Crippen LogP contribution in [0.25, 0.3) is 0 Å². The molecule has 1 unspecified atom stereocenters. The summed E-state index contributed by atoms with van der Waals surface area (Å²) in [6.45, 7) is 4.79. The molecule has 1 aliphatic rings. The van der Waals surface area contributed by atoms with E-state index in [1.54, 1.807) is 38.0 Å². The first-order chi connectivity index (χ1) is 14.9. The molecule has 1 aromatic carbocycles. The first kappa shape index (κ1) is 22.4. The van der Waals surface area contributed by atoms with Crippen LogP contribution in [0.2, 0.25) is 0 Å². The molecule has 166 valence electrons. The van der Waals surface area contributed by atoms with E-state index in [-0.39, 0.29) is 22.9 Å². The Balaban J connectivity index is 1.85. The molecular formula is C23H29N3O5. The van der Waals surface area contributed by atoms with E-state index in [0.29, 0.717) is 49.5 Å². The molecule has 2 amide bonds. The van der Waals surface area contributed by atoms with Crippen LogP contribution in [0.15, 0.2) is 35.3 Å². The molecule has 1 N–H and O–H groups in total. The summed E-state index contributed by atoms with van der Waals surface area (Å²) in [6.07, 6.45) is 2.78. The van der Waals surface area contributed by atoms with Crippen molar-refractivity contribution >= 4 is 11.8 Å². The largest absolute Gasteiger partial charge is 0.493 e. The number of nitrogens with one attached hydrogen (secondary N) is 1. The summed E-state index contributed by atoms with van der Waals surface area (Å²) in [7, 11) is 3.16. The molecule has 0 radical (unpaired) electrons. The lowest BCUT2D eigenvalue weighted by atomic mass is 10.1. The lowest BCUT2D eigenvalue weighted by Crippen LogP contribution is -2.57. The molecule has 2 aromatic rings. The quantitative estimate of drug-likeness (QED) is 0.727. The summed E-state index contributed by atoms with van der Waals surface area (Å²) in [5.41, 5.74) is 1.38. The number of rotatable bonds is 7. The lowest BCUT2D eigenvalue weighted by Gasteiger charge is -2.34. The van der Waals surface area contributed by atoms with Crippen LogP contribution < -0.4 is 20.3 Å². The summed E-state index contributed by atoms with van der Waals surface area (Å²) < 4.78 is 12.1. The van der Waals surface area contributed by atoms with Crippen LogP contribution in [0.5, 0.6) is 11.5 Å². The van der Waals surface area contributed by atoms with E-state index in [9.17, 15) is 14.4 Å². The first-order valence-corrected chi connectivity index (χ1v) is 10.4. The van der Waals surface area contributed by atoms with Gasteiger partial charge in [-0.25, -0.2) is 0 Å². The smallest absolute Gasteiger partial charge is 0.263 e. The normalized spacial score (nSPS) is 16.1. The number of nitrogens with zero attached hydrogens (tertiary/aromatic N) is 2. The van der Waals surface area contributed by atoms with Crippen molar-refractivity contribution in [2.45, 2.75) is 39.3 Å². The van der Waals surface area contributed by atoms with Crippen molar-refractivity contribution in [1.29, 1.82) is 0 Å². The number of methoxy groups -OCH3 is 2. The maximum atomic E-state index is 13.2. The zero-order valence-electron chi connectivity index (χ0n) is 18.4. The minimum Gasteiger partial charge on any atom is -0.493 e. The number of piperazine rings is 1. The monoisotopic (exact) mass is 427 g/mol. The molecular weight excluding hydrogens is 398 g/mol. The minimum atomic E-state index is -0.555. The number of carbonyl (C=O) groups is 2. The molecule has 8 heteroatoms. The molecule has 31 heavy (non-hydrogen) atoms. The van der Waals surface area contributed by atoms with Crippen molar-refractivity contribution in [1.82, 2.24) is 14.8 Å². The summed E-state index contributed by atoms with van der Waals surface area (Å²) in [5, 5.41) is 2.78. The standard InChI is InChI=1S/C23H29N3O5/c1-5-17-21(27)24-10-13-26(17)23(29)20-15(2)8-11-25(22(20)28)12-9-16-6-7-18(30-3)19(14-16)31-4/h6-8,11,14,17H,5,9-10,12-13H2,1-4H3,(H,24,27). The predicted molar refractivity (Wildman–Crippen MR) is 117 cm³/mol. The van der Waals surface area contributed by atoms with Gasteiger partial charge in [-0.2, -0.15) is 0 Å². The van der Waals surface area contributed by atoms with Gasteiger partial charge in [-0.05, 0) is 49.1 Å². The number of pyridine rings is 1. The van der Waals surface area contributed by atoms with Gasteiger partial charge in [0.2, 0.25) is 5.91 Å². The Morgan fingerprint density at radius 3 is 2.58 bits per heavy atom. The van der Waals surface area contributed by atoms with E-state index in [1.807, 2.05) is 25.1 Å². The van der Waals surface area contributed by atoms with Gasteiger partial charge in [0.25, 0.3) is 11.5 Å². The second-order valence-corrected chi connectivity index (χ2v) is 7.53. The fourth-order valence-electron chi connectivity index (χ4n) is 3.89. The number of aromatic nitrogens is 1. The third-order valence-corrected chi connectivity index (χ3v) is 5.66. The Hall–Kier alpha value is -3.29. The molecule has 1 atom stereocenters. The highest BCUT2D eigenvalue weighted by molar-refractivity contribution is 5.99. The zero-order chi connectivity index (χ0) is 22.5. The van der Waals surface area contributed by atoms with Gasteiger partial charge in [0.05, 0.1) is 14.2 Å². The Labute approximate surface area is 181 Å². The molecule has 0 aliphatic carbocycles. The molecule has 1 fully saturated rings. The van der Waals surface area contributed by atoms with Gasteiger partial charge in [0, 0.05) is 25.8 Å². The van der Waals surface area contributed by atoms with Crippen molar-refractivity contribution in [3.05, 3.63) is 57.5 Å². The van der Waals surface area contributed by atoms with E-state index >= 15 is 0 Å². The van der Waals surface area contributed by atoms with Crippen LogP contribution in [0.4, 0.5) is 0 Å². The van der Waals surface area contributed by atoms with Crippen LogP contribution >= 0.6 is 0 Å². The molecule has 0 spiro atoms. The minimum absolute atomic E-state index is 0.128.